The Morgan fingerprint density at radius 3 is 2.50 bits per heavy atom. The maximum absolute atomic E-state index is 13.7. The molecule has 0 aliphatic carbocycles. The van der Waals surface area contributed by atoms with Crippen molar-refractivity contribution in [3.63, 3.8) is 0 Å². The number of nitrogens with one attached hydrogen (secondary N) is 2. The van der Waals surface area contributed by atoms with Gasteiger partial charge >= 0.3 is 6.09 Å². The highest BCUT2D eigenvalue weighted by Gasteiger charge is 2.24. The fraction of sp³-hybridized carbons (Fsp3) is 0.519. The minimum Gasteiger partial charge on any atom is -0.444 e. The summed E-state index contributed by atoms with van der Waals surface area (Å²) >= 11 is 0. The van der Waals surface area contributed by atoms with E-state index in [1.807, 2.05) is 0 Å². The number of nitrogens with zero attached hydrogens (tertiary/aromatic N) is 1. The monoisotopic (exact) mass is 473 g/mol. The largest absolute Gasteiger partial charge is 0.444 e. The van der Waals surface area contributed by atoms with E-state index in [9.17, 15) is 13.6 Å². The standard InChI is InChI=1S/C27H37F2N3O2/c1-6-18-7-8-25-23(16-18)24(10-12-32(25)5)30-11-9-22(31-26(33)34-27(2,3)4)15-19-13-20(28)17-21(29)14-19/h7-8,13-14,16-17,22,24,30H,6,9-12,15H2,1-5H3,(H,31,33)/t22-,24?/m1/s1. The van der Waals surface area contributed by atoms with Crippen LogP contribution in [0.3, 0.4) is 0 Å². The molecule has 186 valence electrons. The summed E-state index contributed by atoms with van der Waals surface area (Å²) in [4.78, 5) is 14.7. The quantitative estimate of drug-likeness (QED) is 0.530. The van der Waals surface area contributed by atoms with E-state index < -0.39 is 23.3 Å². The number of aryl methyl sites for hydroxylation is 1. The van der Waals surface area contributed by atoms with E-state index in [4.69, 9.17) is 4.74 Å². The predicted molar refractivity (Wildman–Crippen MR) is 132 cm³/mol. The third kappa shape index (κ3) is 7.42. The molecule has 1 heterocycles. The average molecular weight is 474 g/mol. The molecule has 0 spiro atoms. The van der Waals surface area contributed by atoms with Gasteiger partial charge in [0.25, 0.3) is 0 Å². The van der Waals surface area contributed by atoms with Gasteiger partial charge in [0, 0.05) is 37.4 Å². The van der Waals surface area contributed by atoms with Crippen molar-refractivity contribution in [3.8, 4) is 0 Å². The molecule has 1 unspecified atom stereocenters. The molecule has 2 N–H and O–H groups in total. The molecule has 3 rings (SSSR count). The summed E-state index contributed by atoms with van der Waals surface area (Å²) in [6.07, 6.45) is 2.32. The molecule has 0 bridgehead atoms. The van der Waals surface area contributed by atoms with Crippen LogP contribution in [-0.2, 0) is 17.6 Å². The number of amides is 1. The molecule has 5 nitrogen and oxygen atoms in total. The number of benzene rings is 2. The van der Waals surface area contributed by atoms with E-state index in [1.165, 1.54) is 28.9 Å². The molecule has 2 aromatic carbocycles. The summed E-state index contributed by atoms with van der Waals surface area (Å²) in [6, 6.07) is 9.98. The zero-order valence-corrected chi connectivity index (χ0v) is 20.9. The Hall–Kier alpha value is -2.67. The molecule has 0 saturated carbocycles. The summed E-state index contributed by atoms with van der Waals surface area (Å²) in [6.45, 7) is 9.15. The summed E-state index contributed by atoms with van der Waals surface area (Å²) in [5.41, 5.74) is 3.69. The first-order valence-corrected chi connectivity index (χ1v) is 12.1. The van der Waals surface area contributed by atoms with Gasteiger partial charge in [0.05, 0.1) is 0 Å². The van der Waals surface area contributed by atoms with Crippen molar-refractivity contribution in [2.24, 2.45) is 0 Å². The van der Waals surface area contributed by atoms with Crippen LogP contribution in [0.4, 0.5) is 19.3 Å². The molecule has 0 radical (unpaired) electrons. The van der Waals surface area contributed by atoms with Gasteiger partial charge in [0.1, 0.15) is 17.2 Å². The molecule has 0 saturated heterocycles. The van der Waals surface area contributed by atoms with Gasteiger partial charge in [-0.25, -0.2) is 13.6 Å². The number of anilines is 1. The van der Waals surface area contributed by atoms with E-state index in [0.717, 1.165) is 25.5 Å². The Balaban J connectivity index is 1.69. The lowest BCUT2D eigenvalue weighted by molar-refractivity contribution is 0.0501. The third-order valence-corrected chi connectivity index (χ3v) is 6.05. The van der Waals surface area contributed by atoms with Crippen LogP contribution in [0.1, 0.15) is 63.3 Å². The van der Waals surface area contributed by atoms with E-state index >= 15 is 0 Å². The number of fused-ring (bicyclic) bond motifs is 1. The van der Waals surface area contributed by atoms with Crippen LogP contribution in [-0.4, -0.2) is 37.9 Å². The number of hydrogen-bond acceptors (Lipinski definition) is 4. The van der Waals surface area contributed by atoms with Gasteiger partial charge in [0.2, 0.25) is 0 Å². The number of alkyl carbamates (subject to hydrolysis) is 1. The topological polar surface area (TPSA) is 53.6 Å². The van der Waals surface area contributed by atoms with Crippen LogP contribution >= 0.6 is 0 Å². The maximum atomic E-state index is 13.7. The predicted octanol–water partition coefficient (Wildman–Crippen LogP) is 5.52. The zero-order valence-electron chi connectivity index (χ0n) is 20.9. The van der Waals surface area contributed by atoms with Crippen molar-refractivity contribution >= 4 is 11.8 Å². The van der Waals surface area contributed by atoms with Crippen molar-refractivity contribution in [1.29, 1.82) is 0 Å². The van der Waals surface area contributed by atoms with Gasteiger partial charge in [0.15, 0.2) is 0 Å². The lowest BCUT2D eigenvalue weighted by Gasteiger charge is -2.34. The second-order valence-electron chi connectivity index (χ2n) is 10.1. The highest BCUT2D eigenvalue weighted by molar-refractivity contribution is 5.68. The summed E-state index contributed by atoms with van der Waals surface area (Å²) < 4.78 is 32.9. The third-order valence-electron chi connectivity index (χ3n) is 6.05. The molecule has 7 heteroatoms. The lowest BCUT2D eigenvalue weighted by Crippen LogP contribution is -2.42. The van der Waals surface area contributed by atoms with E-state index in [0.29, 0.717) is 24.9 Å². The Labute approximate surface area is 201 Å². The zero-order chi connectivity index (χ0) is 24.9. The van der Waals surface area contributed by atoms with Crippen LogP contribution in [0.15, 0.2) is 36.4 Å². The first kappa shape index (κ1) is 25.9. The molecule has 1 amide bonds. The number of rotatable bonds is 8. The van der Waals surface area contributed by atoms with E-state index in [2.05, 4.69) is 47.7 Å². The summed E-state index contributed by atoms with van der Waals surface area (Å²) in [5, 5.41) is 6.53. The van der Waals surface area contributed by atoms with Crippen LogP contribution in [0.25, 0.3) is 0 Å². The molecule has 2 aromatic rings. The fourth-order valence-corrected chi connectivity index (χ4v) is 4.41. The second-order valence-corrected chi connectivity index (χ2v) is 10.1. The van der Waals surface area contributed by atoms with Crippen molar-refractivity contribution < 1.29 is 18.3 Å². The van der Waals surface area contributed by atoms with Gasteiger partial charge in [-0.15, -0.1) is 0 Å². The summed E-state index contributed by atoms with van der Waals surface area (Å²) in [5.74, 6) is -1.25. The molecule has 34 heavy (non-hydrogen) atoms. The van der Waals surface area contributed by atoms with Gasteiger partial charge in [-0.3, -0.25) is 0 Å². The van der Waals surface area contributed by atoms with E-state index in [-0.39, 0.29) is 12.1 Å². The van der Waals surface area contributed by atoms with E-state index in [1.54, 1.807) is 20.8 Å². The van der Waals surface area contributed by atoms with Gasteiger partial charge in [-0.05, 0) is 87.9 Å². The van der Waals surface area contributed by atoms with Crippen LogP contribution in [0.2, 0.25) is 0 Å². The highest BCUT2D eigenvalue weighted by atomic mass is 19.1. The first-order valence-electron chi connectivity index (χ1n) is 12.1. The molecule has 0 fully saturated rings. The molecule has 1 aliphatic rings. The first-order chi connectivity index (χ1) is 16.0. The minimum absolute atomic E-state index is 0.214. The molecule has 2 atom stereocenters. The van der Waals surface area contributed by atoms with Gasteiger partial charge in [-0.2, -0.15) is 0 Å². The van der Waals surface area contributed by atoms with Crippen LogP contribution < -0.4 is 15.5 Å². The van der Waals surface area contributed by atoms with Crippen molar-refractivity contribution in [2.75, 3.05) is 25.0 Å². The summed E-state index contributed by atoms with van der Waals surface area (Å²) in [7, 11) is 2.11. The van der Waals surface area contributed by atoms with Crippen molar-refractivity contribution in [3.05, 3.63) is 64.7 Å². The Bertz CT molecular complexity index is 970. The lowest BCUT2D eigenvalue weighted by atomic mass is 9.94. The number of carbonyl (C=O) groups excluding carboxylic acids is 1. The van der Waals surface area contributed by atoms with Gasteiger partial charge in [-0.1, -0.05) is 19.1 Å². The SMILES string of the molecule is CCc1ccc2c(c1)C(NCC[C@H](Cc1cc(F)cc(F)c1)NC(=O)OC(C)(C)C)CCN2C. The number of halogens is 2. The molecule has 1 aliphatic heterocycles. The fourth-order valence-electron chi connectivity index (χ4n) is 4.41. The average Bonchev–Trinajstić information content (AvgIpc) is 2.73. The molecule has 0 aromatic heterocycles. The molecular formula is C27H37F2N3O2. The Morgan fingerprint density at radius 1 is 1.15 bits per heavy atom. The normalized spacial score (nSPS) is 16.7. The molecular weight excluding hydrogens is 436 g/mol. The second kappa shape index (κ2) is 11.2. The van der Waals surface area contributed by atoms with Gasteiger partial charge < -0.3 is 20.3 Å². The minimum atomic E-state index is -0.632. The van der Waals surface area contributed by atoms with Crippen molar-refractivity contribution in [2.45, 2.75) is 71.1 Å². The van der Waals surface area contributed by atoms with Crippen LogP contribution in [0.5, 0.6) is 0 Å². The maximum Gasteiger partial charge on any atom is 0.407 e. The highest BCUT2D eigenvalue weighted by Crippen LogP contribution is 2.33. The van der Waals surface area contributed by atoms with Crippen LogP contribution in [0, 0.1) is 11.6 Å². The number of hydrogen-bond donors (Lipinski definition) is 2. The smallest absolute Gasteiger partial charge is 0.407 e. The Morgan fingerprint density at radius 2 is 1.85 bits per heavy atom. The number of ether oxygens (including phenoxy) is 1. The van der Waals surface area contributed by atoms with Crippen molar-refractivity contribution in [1.82, 2.24) is 10.6 Å². The Kier molecular flexibility index (Phi) is 8.52. The number of carbonyl (C=O) groups is 1.